The lowest BCUT2D eigenvalue weighted by Gasteiger charge is -2.24. The molecule has 1 aromatic carbocycles. The van der Waals surface area contributed by atoms with E-state index in [-0.39, 0.29) is 17.9 Å². The van der Waals surface area contributed by atoms with E-state index in [2.05, 4.69) is 31.1 Å². The number of thiophene rings is 1. The highest BCUT2D eigenvalue weighted by atomic mass is 32.1. The minimum Gasteiger partial charge on any atom is -0.443 e. The Morgan fingerprint density at radius 3 is 2.52 bits per heavy atom. The number of aromatic nitrogens is 1. The number of urea groups is 1. The van der Waals surface area contributed by atoms with Gasteiger partial charge in [-0.1, -0.05) is 51.1 Å². The Balaban J connectivity index is 1.55. The smallest absolute Gasteiger partial charge is 0.325 e. The van der Waals surface area contributed by atoms with Crippen LogP contribution >= 0.6 is 11.3 Å². The summed E-state index contributed by atoms with van der Waals surface area (Å²) >= 11 is 1.52. The third-order valence-corrected chi connectivity index (χ3v) is 6.06. The summed E-state index contributed by atoms with van der Waals surface area (Å²) in [6.07, 6.45) is 1.49. The van der Waals surface area contributed by atoms with Gasteiger partial charge in [0, 0.05) is 0 Å². The van der Waals surface area contributed by atoms with Gasteiger partial charge in [0.05, 0.1) is 17.1 Å². The molecule has 3 amide bonds. The normalized spacial score (nSPS) is 19.7. The average Bonchev–Trinajstić information content (AvgIpc) is 3.39. The van der Waals surface area contributed by atoms with Crippen molar-refractivity contribution in [2.75, 3.05) is 0 Å². The molecule has 1 fully saturated rings. The summed E-state index contributed by atoms with van der Waals surface area (Å²) in [5.41, 5.74) is 1.37. The molecule has 3 aromatic rings. The van der Waals surface area contributed by atoms with Crippen molar-refractivity contribution in [3.05, 3.63) is 64.9 Å². The van der Waals surface area contributed by atoms with Gasteiger partial charge in [0.25, 0.3) is 5.91 Å². The van der Waals surface area contributed by atoms with Gasteiger partial charge in [-0.2, -0.15) is 0 Å². The summed E-state index contributed by atoms with van der Waals surface area (Å²) in [7, 11) is 0. The second-order valence-electron chi connectivity index (χ2n) is 8.40. The molecule has 0 radical (unpaired) electrons. The molecule has 1 unspecified atom stereocenters. The van der Waals surface area contributed by atoms with E-state index in [1.54, 1.807) is 6.92 Å². The van der Waals surface area contributed by atoms with Crippen molar-refractivity contribution < 1.29 is 14.0 Å². The standard InChI is InChI=1S/C22H23N3O3S/c1-21(2,3)14-7-9-15(10-8-14)22(4)19(26)25(20(27)24-22)12-16-13-28-18(23-16)17-6-5-11-29-17/h5-11,13H,12H2,1-4H3,(H,24,27). The molecule has 7 heteroatoms. The average molecular weight is 410 g/mol. The van der Waals surface area contributed by atoms with E-state index in [1.807, 2.05) is 41.8 Å². The molecule has 150 valence electrons. The van der Waals surface area contributed by atoms with Crippen LogP contribution in [0.4, 0.5) is 4.79 Å². The monoisotopic (exact) mass is 409 g/mol. The number of imide groups is 1. The Morgan fingerprint density at radius 2 is 1.90 bits per heavy atom. The molecule has 3 heterocycles. The molecule has 1 saturated heterocycles. The van der Waals surface area contributed by atoms with Crippen LogP contribution in [0.1, 0.15) is 44.5 Å². The van der Waals surface area contributed by atoms with Crippen molar-refractivity contribution in [1.29, 1.82) is 0 Å². The molecule has 4 rings (SSSR count). The van der Waals surface area contributed by atoms with Crippen molar-refractivity contribution in [3.63, 3.8) is 0 Å². The van der Waals surface area contributed by atoms with Crippen LogP contribution in [0.25, 0.3) is 10.8 Å². The number of rotatable bonds is 4. The van der Waals surface area contributed by atoms with Gasteiger partial charge in [0.2, 0.25) is 5.89 Å². The highest BCUT2D eigenvalue weighted by Gasteiger charge is 2.49. The van der Waals surface area contributed by atoms with E-state index in [0.29, 0.717) is 11.6 Å². The maximum absolute atomic E-state index is 13.1. The van der Waals surface area contributed by atoms with E-state index in [9.17, 15) is 9.59 Å². The molecule has 6 nitrogen and oxygen atoms in total. The molecule has 1 N–H and O–H groups in total. The first-order valence-corrected chi connectivity index (χ1v) is 10.3. The number of oxazole rings is 1. The number of amides is 3. The Hall–Kier alpha value is -2.93. The van der Waals surface area contributed by atoms with Crippen molar-refractivity contribution >= 4 is 23.3 Å². The van der Waals surface area contributed by atoms with Crippen LogP contribution in [0, 0.1) is 0 Å². The van der Waals surface area contributed by atoms with Crippen LogP contribution in [0.5, 0.6) is 0 Å². The zero-order chi connectivity index (χ0) is 20.8. The van der Waals surface area contributed by atoms with Crippen LogP contribution < -0.4 is 5.32 Å². The first-order chi connectivity index (χ1) is 13.7. The third kappa shape index (κ3) is 3.46. The number of carbonyl (C=O) groups is 2. The van der Waals surface area contributed by atoms with E-state index >= 15 is 0 Å². The molecule has 0 bridgehead atoms. The molecule has 1 aliphatic heterocycles. The number of nitrogens with one attached hydrogen (secondary N) is 1. The van der Waals surface area contributed by atoms with Crippen molar-refractivity contribution in [2.45, 2.75) is 45.2 Å². The number of hydrogen-bond donors (Lipinski definition) is 1. The first kappa shape index (κ1) is 19.4. The van der Waals surface area contributed by atoms with Crippen LogP contribution in [-0.2, 0) is 22.3 Å². The van der Waals surface area contributed by atoms with Gasteiger partial charge in [-0.3, -0.25) is 9.69 Å². The summed E-state index contributed by atoms with van der Waals surface area (Å²) < 4.78 is 5.50. The fourth-order valence-electron chi connectivity index (χ4n) is 3.39. The number of hydrogen-bond acceptors (Lipinski definition) is 5. The van der Waals surface area contributed by atoms with Gasteiger partial charge in [-0.25, -0.2) is 9.78 Å². The minimum absolute atomic E-state index is 0.0155. The quantitative estimate of drug-likeness (QED) is 0.636. The molecule has 29 heavy (non-hydrogen) atoms. The second-order valence-corrected chi connectivity index (χ2v) is 9.34. The van der Waals surface area contributed by atoms with E-state index in [0.717, 1.165) is 10.4 Å². The predicted molar refractivity (Wildman–Crippen MR) is 111 cm³/mol. The van der Waals surface area contributed by atoms with Gasteiger partial charge in [0.15, 0.2) is 0 Å². The molecule has 0 aliphatic carbocycles. The van der Waals surface area contributed by atoms with E-state index in [4.69, 9.17) is 4.42 Å². The number of nitrogens with zero attached hydrogens (tertiary/aromatic N) is 2. The van der Waals surface area contributed by atoms with Crippen LogP contribution in [0.3, 0.4) is 0 Å². The minimum atomic E-state index is -1.10. The second kappa shape index (κ2) is 6.84. The van der Waals surface area contributed by atoms with Crippen LogP contribution in [-0.4, -0.2) is 21.8 Å². The third-order valence-electron chi connectivity index (χ3n) is 5.21. The molecule has 0 saturated carbocycles. The maximum atomic E-state index is 13.1. The van der Waals surface area contributed by atoms with Crippen LogP contribution in [0.2, 0.25) is 0 Å². The Bertz CT molecular complexity index is 1050. The molecular formula is C22H23N3O3S. The van der Waals surface area contributed by atoms with Gasteiger partial charge in [-0.15, -0.1) is 11.3 Å². The van der Waals surface area contributed by atoms with Gasteiger partial charge in [0.1, 0.15) is 11.8 Å². The maximum Gasteiger partial charge on any atom is 0.325 e. The SMILES string of the molecule is CC(C)(C)c1ccc(C2(C)NC(=O)N(Cc3coc(-c4cccs4)n3)C2=O)cc1. The van der Waals surface area contributed by atoms with Crippen molar-refractivity contribution in [1.82, 2.24) is 15.2 Å². The van der Waals surface area contributed by atoms with Crippen molar-refractivity contribution in [3.8, 4) is 10.8 Å². The topological polar surface area (TPSA) is 75.4 Å². The van der Waals surface area contributed by atoms with E-state index in [1.165, 1.54) is 28.1 Å². The summed E-state index contributed by atoms with van der Waals surface area (Å²) in [5.74, 6) is 0.189. The molecule has 0 spiro atoms. The highest BCUT2D eigenvalue weighted by Crippen LogP contribution is 2.32. The zero-order valence-electron chi connectivity index (χ0n) is 16.9. The first-order valence-electron chi connectivity index (χ1n) is 9.42. The summed E-state index contributed by atoms with van der Waals surface area (Å²) in [6.45, 7) is 8.21. The lowest BCUT2D eigenvalue weighted by atomic mass is 9.84. The molecule has 2 aromatic heterocycles. The summed E-state index contributed by atoms with van der Waals surface area (Å²) in [5, 5.41) is 4.78. The molecule has 1 atom stereocenters. The Labute approximate surface area is 173 Å². The summed E-state index contributed by atoms with van der Waals surface area (Å²) in [6, 6.07) is 11.2. The van der Waals surface area contributed by atoms with Gasteiger partial charge >= 0.3 is 6.03 Å². The fourth-order valence-corrected chi connectivity index (χ4v) is 4.05. The Morgan fingerprint density at radius 1 is 1.17 bits per heavy atom. The Kier molecular flexibility index (Phi) is 4.58. The van der Waals surface area contributed by atoms with Crippen LogP contribution in [0.15, 0.2) is 52.5 Å². The summed E-state index contributed by atoms with van der Waals surface area (Å²) in [4.78, 5) is 32.2. The predicted octanol–water partition coefficient (Wildman–Crippen LogP) is 4.67. The van der Waals surface area contributed by atoms with E-state index < -0.39 is 11.6 Å². The van der Waals surface area contributed by atoms with Crippen molar-refractivity contribution in [2.24, 2.45) is 0 Å². The number of benzene rings is 1. The van der Waals surface area contributed by atoms with Gasteiger partial charge < -0.3 is 9.73 Å². The largest absolute Gasteiger partial charge is 0.443 e. The molecule has 1 aliphatic rings. The lowest BCUT2D eigenvalue weighted by molar-refractivity contribution is -0.131. The van der Waals surface area contributed by atoms with Gasteiger partial charge in [-0.05, 0) is 34.9 Å². The molecular weight excluding hydrogens is 386 g/mol. The lowest BCUT2D eigenvalue weighted by Crippen LogP contribution is -2.40. The fraction of sp³-hybridized carbons (Fsp3) is 0.318. The highest BCUT2D eigenvalue weighted by molar-refractivity contribution is 7.13. The zero-order valence-corrected chi connectivity index (χ0v) is 17.7. The number of carbonyl (C=O) groups excluding carboxylic acids is 2.